The minimum Gasteiger partial charge on any atom is -0.166 e. The molecule has 8 heteroatoms. The Morgan fingerprint density at radius 1 is 0.720 bits per heavy atom. The molecule has 0 N–H and O–H groups in total. The Labute approximate surface area is 156 Å². The van der Waals surface area contributed by atoms with Crippen LogP contribution in [0.3, 0.4) is 0 Å². The molecule has 10 radical (unpaired) electrons. The maximum absolute atomic E-state index is 13.5. The maximum Gasteiger partial charge on any atom is 0.415 e. The van der Waals surface area contributed by atoms with E-state index in [9.17, 15) is 13.2 Å². The van der Waals surface area contributed by atoms with Gasteiger partial charge in [0.05, 0.1) is 15.7 Å². The van der Waals surface area contributed by atoms with Gasteiger partial charge in [0.1, 0.15) is 23.5 Å². The molecule has 1 aromatic carbocycles. The molecule has 0 aromatic heterocycles. The average Bonchev–Trinajstić information content (AvgIpc) is 2.39. The quantitative estimate of drug-likeness (QED) is 0.731. The van der Waals surface area contributed by atoms with Crippen LogP contribution in [0.15, 0.2) is 0 Å². The molecule has 0 amide bonds. The lowest BCUT2D eigenvalue weighted by Crippen LogP contribution is -2.54. The molecule has 0 nitrogen and oxygen atoms in total. The summed E-state index contributed by atoms with van der Waals surface area (Å²) in [5.74, 6) is 0. The third-order valence-electron chi connectivity index (χ3n) is 5.07. The van der Waals surface area contributed by atoms with Crippen LogP contribution < -0.4 is 16.4 Å². The van der Waals surface area contributed by atoms with E-state index in [0.29, 0.717) is 6.42 Å². The summed E-state index contributed by atoms with van der Waals surface area (Å²) in [6.07, 6.45) is -4.17. The number of hydrogen-bond acceptors (Lipinski definition) is 0. The van der Waals surface area contributed by atoms with Gasteiger partial charge >= 0.3 is 6.18 Å². The van der Waals surface area contributed by atoms with Gasteiger partial charge in [-0.15, -0.1) is 5.46 Å². The normalized spacial score (nSPS) is 14.0. The molecule has 0 atom stereocenters. The van der Waals surface area contributed by atoms with Crippen molar-refractivity contribution in [3.63, 3.8) is 0 Å². The van der Waals surface area contributed by atoms with Crippen molar-refractivity contribution in [2.75, 3.05) is 0 Å². The molecule has 124 valence electrons. The molecule has 25 heavy (non-hydrogen) atoms. The minimum absolute atomic E-state index is 0.176. The SMILES string of the molecule is [B]c1c([B])c(C([B])([B])C(C)(C)CC)c(C(C)(C)C)c([B])c1C(F)(F)F. The van der Waals surface area contributed by atoms with Gasteiger partial charge in [0.25, 0.3) is 0 Å². The van der Waals surface area contributed by atoms with Crippen molar-refractivity contribution >= 4 is 55.6 Å². The van der Waals surface area contributed by atoms with Gasteiger partial charge in [-0.1, -0.05) is 69.7 Å². The molecular formula is C17H20B5F3. The van der Waals surface area contributed by atoms with Crippen molar-refractivity contribution in [3.8, 4) is 0 Å². The molecule has 0 aliphatic heterocycles. The van der Waals surface area contributed by atoms with Crippen LogP contribution in [0, 0.1) is 5.41 Å². The first kappa shape index (κ1) is 22.4. The van der Waals surface area contributed by atoms with Crippen molar-refractivity contribution < 1.29 is 13.2 Å². The van der Waals surface area contributed by atoms with E-state index in [0.717, 1.165) is 0 Å². The number of hydrogen-bond donors (Lipinski definition) is 0. The highest BCUT2D eigenvalue weighted by atomic mass is 19.4. The van der Waals surface area contributed by atoms with Gasteiger partial charge in [0.15, 0.2) is 0 Å². The fourth-order valence-electron chi connectivity index (χ4n) is 2.95. The van der Waals surface area contributed by atoms with Crippen LogP contribution in [0.4, 0.5) is 13.2 Å². The summed E-state index contributed by atoms with van der Waals surface area (Å²) in [7, 11) is 30.6. The van der Waals surface area contributed by atoms with Crippen LogP contribution in [-0.4, -0.2) is 39.2 Å². The second-order valence-electron chi connectivity index (χ2n) is 8.22. The van der Waals surface area contributed by atoms with E-state index in [1.54, 1.807) is 20.8 Å². The Morgan fingerprint density at radius 2 is 1.12 bits per heavy atom. The molecule has 0 fully saturated rings. The zero-order valence-electron chi connectivity index (χ0n) is 15.7. The van der Waals surface area contributed by atoms with E-state index >= 15 is 0 Å². The highest BCUT2D eigenvalue weighted by Crippen LogP contribution is 2.42. The van der Waals surface area contributed by atoms with Crippen molar-refractivity contribution in [1.82, 2.24) is 0 Å². The van der Waals surface area contributed by atoms with E-state index in [1.165, 1.54) is 0 Å². The van der Waals surface area contributed by atoms with Crippen LogP contribution in [0.1, 0.15) is 64.7 Å². The zero-order valence-corrected chi connectivity index (χ0v) is 15.7. The Hall–Kier alpha value is -0.665. The monoisotopic (exact) mass is 336 g/mol. The van der Waals surface area contributed by atoms with Gasteiger partial charge in [0.2, 0.25) is 0 Å². The topological polar surface area (TPSA) is 0 Å². The van der Waals surface area contributed by atoms with Gasteiger partial charge in [-0.2, -0.15) is 13.2 Å². The second-order valence-corrected chi connectivity index (χ2v) is 8.22. The first-order chi connectivity index (χ1) is 10.9. The van der Waals surface area contributed by atoms with E-state index in [2.05, 4.69) is 0 Å². The molecule has 0 saturated carbocycles. The molecular weight excluding hydrogens is 315 g/mol. The highest BCUT2D eigenvalue weighted by molar-refractivity contribution is 6.54. The summed E-state index contributed by atoms with van der Waals surface area (Å²) < 4.78 is 40.5. The molecule has 0 saturated heterocycles. The summed E-state index contributed by atoms with van der Waals surface area (Å²) in [6, 6.07) is 0. The third-order valence-corrected chi connectivity index (χ3v) is 5.07. The fourth-order valence-corrected chi connectivity index (χ4v) is 2.95. The van der Waals surface area contributed by atoms with Crippen molar-refractivity contribution in [2.45, 2.75) is 64.8 Å². The number of benzene rings is 1. The maximum atomic E-state index is 13.5. The Kier molecular flexibility index (Phi) is 5.81. The van der Waals surface area contributed by atoms with E-state index in [1.807, 2.05) is 20.8 Å². The van der Waals surface area contributed by atoms with E-state index < -0.39 is 38.7 Å². The van der Waals surface area contributed by atoms with Gasteiger partial charge in [0, 0.05) is 5.56 Å². The summed E-state index contributed by atoms with van der Waals surface area (Å²) in [4.78, 5) is 0. The fraction of sp³-hybridized carbons (Fsp3) is 0.647. The Balaban J connectivity index is 4.13. The van der Waals surface area contributed by atoms with Gasteiger partial charge in [-0.3, -0.25) is 0 Å². The third kappa shape index (κ3) is 3.73. The molecule has 0 unspecified atom stereocenters. The first-order valence-corrected chi connectivity index (χ1v) is 8.07. The Bertz CT molecular complexity index is 671. The van der Waals surface area contributed by atoms with Crippen LogP contribution >= 0.6 is 0 Å². The van der Waals surface area contributed by atoms with Crippen LogP contribution in [0.5, 0.6) is 0 Å². The lowest BCUT2D eigenvalue weighted by atomic mass is 9.37. The lowest BCUT2D eigenvalue weighted by Gasteiger charge is -2.48. The van der Waals surface area contributed by atoms with Crippen molar-refractivity contribution in [1.29, 1.82) is 0 Å². The van der Waals surface area contributed by atoms with Crippen molar-refractivity contribution in [2.24, 2.45) is 5.41 Å². The van der Waals surface area contributed by atoms with Gasteiger partial charge in [-0.25, -0.2) is 0 Å². The van der Waals surface area contributed by atoms with Crippen LogP contribution in [0.25, 0.3) is 0 Å². The summed E-state index contributed by atoms with van der Waals surface area (Å²) in [5, 5.41) is -1.53. The summed E-state index contributed by atoms with van der Waals surface area (Å²) >= 11 is 0. The molecule has 1 aromatic rings. The molecule has 0 aliphatic carbocycles. The number of halogens is 3. The van der Waals surface area contributed by atoms with E-state index in [-0.39, 0.29) is 16.6 Å². The van der Waals surface area contributed by atoms with Crippen LogP contribution in [0.2, 0.25) is 0 Å². The van der Waals surface area contributed by atoms with Crippen molar-refractivity contribution in [3.05, 3.63) is 16.7 Å². The van der Waals surface area contributed by atoms with Gasteiger partial charge in [-0.05, 0) is 16.4 Å². The number of alkyl halides is 3. The minimum atomic E-state index is -4.74. The smallest absolute Gasteiger partial charge is 0.166 e. The molecule has 1 rings (SSSR count). The first-order valence-electron chi connectivity index (χ1n) is 8.07. The predicted octanol–water partition coefficient (Wildman–Crippen LogP) is 1.31. The predicted molar refractivity (Wildman–Crippen MR) is 104 cm³/mol. The summed E-state index contributed by atoms with van der Waals surface area (Å²) in [6.45, 7) is 10.7. The van der Waals surface area contributed by atoms with Gasteiger partial charge < -0.3 is 0 Å². The largest absolute Gasteiger partial charge is 0.415 e. The number of rotatable bonds is 3. The highest BCUT2D eigenvalue weighted by Gasteiger charge is 2.43. The average molecular weight is 335 g/mol. The lowest BCUT2D eigenvalue weighted by molar-refractivity contribution is -0.135. The Morgan fingerprint density at radius 3 is 1.44 bits per heavy atom. The molecule has 0 spiro atoms. The molecule has 0 aliphatic rings. The zero-order chi connectivity index (χ0) is 20.2. The van der Waals surface area contributed by atoms with E-state index in [4.69, 9.17) is 39.2 Å². The standard InChI is InChI=1S/C17H20B5F3/c1-7-15(5,6)16(21,22)9-8(14(2,3)4)11(18)10(17(23,24)25)13(20)12(9)19/h7H2,1-6H3. The van der Waals surface area contributed by atoms with Crippen LogP contribution in [-0.2, 0) is 16.8 Å². The molecule has 0 heterocycles. The summed E-state index contributed by atoms with van der Waals surface area (Å²) in [5.41, 5.74) is -3.61. The molecule has 0 bridgehead atoms. The second kappa shape index (κ2) is 6.49.